The lowest BCUT2D eigenvalue weighted by Crippen LogP contribution is -2.25. The van der Waals surface area contributed by atoms with Crippen LogP contribution >= 0.6 is 11.8 Å². The molecule has 1 heterocycles. The first-order valence-electron chi connectivity index (χ1n) is 6.72. The molecule has 1 aromatic rings. The zero-order chi connectivity index (χ0) is 12.8. The highest BCUT2D eigenvalue weighted by Crippen LogP contribution is 2.42. The van der Waals surface area contributed by atoms with E-state index in [9.17, 15) is 0 Å². The van der Waals surface area contributed by atoms with Crippen molar-refractivity contribution in [1.82, 2.24) is 5.32 Å². The summed E-state index contributed by atoms with van der Waals surface area (Å²) in [5, 5.41) is 3.45. The summed E-state index contributed by atoms with van der Waals surface area (Å²) < 4.78 is 5.04. The van der Waals surface area contributed by atoms with Crippen molar-refractivity contribution in [3.63, 3.8) is 0 Å². The Bertz CT molecular complexity index is 369. The highest BCUT2D eigenvalue weighted by Gasteiger charge is 2.23. The second-order valence-corrected chi connectivity index (χ2v) is 6.15. The summed E-state index contributed by atoms with van der Waals surface area (Å²) in [6, 6.07) is 8.86. The van der Waals surface area contributed by atoms with Gasteiger partial charge in [0.2, 0.25) is 0 Å². The Balaban J connectivity index is 1.77. The third-order valence-corrected chi connectivity index (χ3v) is 4.71. The average Bonchev–Trinajstić information content (AvgIpc) is 2.78. The zero-order valence-electron chi connectivity index (χ0n) is 11.3. The quantitative estimate of drug-likeness (QED) is 0.765. The lowest BCUT2D eigenvalue weighted by molar-refractivity contribution is 0.197. The molecule has 0 fully saturated rings. The van der Waals surface area contributed by atoms with Crippen molar-refractivity contribution in [3.8, 4) is 0 Å². The van der Waals surface area contributed by atoms with Gasteiger partial charge < -0.3 is 10.1 Å². The molecule has 1 aromatic carbocycles. The molecule has 0 saturated carbocycles. The van der Waals surface area contributed by atoms with Crippen molar-refractivity contribution in [1.29, 1.82) is 0 Å². The van der Waals surface area contributed by atoms with Crippen LogP contribution in [0.1, 0.15) is 24.8 Å². The van der Waals surface area contributed by atoms with Crippen molar-refractivity contribution >= 4 is 11.8 Å². The number of ether oxygens (including phenoxy) is 1. The van der Waals surface area contributed by atoms with Crippen LogP contribution in [-0.4, -0.2) is 32.6 Å². The summed E-state index contributed by atoms with van der Waals surface area (Å²) >= 11 is 2.01. The van der Waals surface area contributed by atoms with Gasteiger partial charge in [-0.25, -0.2) is 0 Å². The van der Waals surface area contributed by atoms with Crippen LogP contribution in [0.25, 0.3) is 0 Å². The van der Waals surface area contributed by atoms with E-state index in [-0.39, 0.29) is 0 Å². The zero-order valence-corrected chi connectivity index (χ0v) is 12.1. The van der Waals surface area contributed by atoms with Gasteiger partial charge in [0.15, 0.2) is 0 Å². The molecule has 2 nitrogen and oxygen atoms in total. The molecule has 0 bridgehead atoms. The fourth-order valence-corrected chi connectivity index (χ4v) is 3.79. The third kappa shape index (κ3) is 3.74. The van der Waals surface area contributed by atoms with Crippen molar-refractivity contribution < 1.29 is 4.74 Å². The molecule has 0 spiro atoms. The molecule has 1 aliphatic rings. The molecule has 1 N–H and O–H groups in total. The van der Waals surface area contributed by atoms with E-state index in [1.165, 1.54) is 17.1 Å². The topological polar surface area (TPSA) is 21.3 Å². The minimum atomic E-state index is 0.721. The second-order valence-electron chi connectivity index (χ2n) is 5.08. The smallest absolute Gasteiger partial charge is 0.0587 e. The van der Waals surface area contributed by atoms with Gasteiger partial charge in [0, 0.05) is 24.3 Å². The van der Waals surface area contributed by atoms with Crippen LogP contribution in [0.15, 0.2) is 29.2 Å². The minimum absolute atomic E-state index is 0.721. The molecule has 3 heteroatoms. The van der Waals surface area contributed by atoms with Crippen molar-refractivity contribution in [3.05, 3.63) is 29.8 Å². The minimum Gasteiger partial charge on any atom is -0.383 e. The summed E-state index contributed by atoms with van der Waals surface area (Å²) in [5.41, 5.74) is 1.56. The largest absolute Gasteiger partial charge is 0.383 e. The van der Waals surface area contributed by atoms with E-state index in [0.717, 1.165) is 31.5 Å². The summed E-state index contributed by atoms with van der Waals surface area (Å²) in [6.45, 7) is 5.18. The maximum atomic E-state index is 5.04. The predicted molar refractivity (Wildman–Crippen MR) is 78.4 cm³/mol. The van der Waals surface area contributed by atoms with E-state index in [1.54, 1.807) is 12.7 Å². The number of rotatable bonds is 7. The lowest BCUT2D eigenvalue weighted by atomic mass is 9.91. The highest BCUT2D eigenvalue weighted by atomic mass is 32.2. The van der Waals surface area contributed by atoms with E-state index in [0.29, 0.717) is 0 Å². The standard InChI is InChI=1S/C15H23NOS/c1-12(10-16-7-8-17-2)9-13-11-18-15-6-4-3-5-14(13)15/h3-6,12-13,16H,7-11H2,1-2H3. The summed E-state index contributed by atoms with van der Waals surface area (Å²) in [6.07, 6.45) is 1.28. The monoisotopic (exact) mass is 265 g/mol. The fourth-order valence-electron chi connectivity index (χ4n) is 2.52. The Morgan fingerprint density at radius 1 is 1.44 bits per heavy atom. The Labute approximate surface area is 114 Å². The molecule has 0 amide bonds. The van der Waals surface area contributed by atoms with Crippen LogP contribution in [0.4, 0.5) is 0 Å². The molecule has 0 aromatic heterocycles. The number of fused-ring (bicyclic) bond motifs is 1. The fraction of sp³-hybridized carbons (Fsp3) is 0.600. The molecule has 100 valence electrons. The SMILES string of the molecule is COCCNCC(C)CC1CSc2ccccc21. The van der Waals surface area contributed by atoms with Crippen LogP contribution in [0, 0.1) is 5.92 Å². The van der Waals surface area contributed by atoms with Gasteiger partial charge in [-0.05, 0) is 36.4 Å². The predicted octanol–water partition coefficient (Wildman–Crippen LogP) is 3.14. The van der Waals surface area contributed by atoms with Crippen molar-refractivity contribution in [2.75, 3.05) is 32.6 Å². The van der Waals surface area contributed by atoms with E-state index >= 15 is 0 Å². The van der Waals surface area contributed by atoms with Crippen LogP contribution in [0.3, 0.4) is 0 Å². The maximum Gasteiger partial charge on any atom is 0.0587 e. The number of hydrogen-bond acceptors (Lipinski definition) is 3. The Morgan fingerprint density at radius 3 is 3.11 bits per heavy atom. The first-order valence-corrected chi connectivity index (χ1v) is 7.71. The molecule has 0 saturated heterocycles. The number of nitrogens with one attached hydrogen (secondary N) is 1. The van der Waals surface area contributed by atoms with Gasteiger partial charge in [0.1, 0.15) is 0 Å². The molecule has 18 heavy (non-hydrogen) atoms. The highest BCUT2D eigenvalue weighted by molar-refractivity contribution is 7.99. The first kappa shape index (κ1) is 13.9. The average molecular weight is 265 g/mol. The lowest BCUT2D eigenvalue weighted by Gasteiger charge is -2.17. The molecular weight excluding hydrogens is 242 g/mol. The molecule has 2 rings (SSSR count). The molecule has 2 unspecified atom stereocenters. The first-order chi connectivity index (χ1) is 8.81. The van der Waals surface area contributed by atoms with Crippen LogP contribution < -0.4 is 5.32 Å². The molecule has 1 aliphatic heterocycles. The Kier molecular flexibility index (Phi) is 5.54. The summed E-state index contributed by atoms with van der Waals surface area (Å²) in [4.78, 5) is 1.49. The summed E-state index contributed by atoms with van der Waals surface area (Å²) in [7, 11) is 1.75. The number of hydrogen-bond donors (Lipinski definition) is 1. The third-order valence-electron chi connectivity index (χ3n) is 3.46. The van der Waals surface area contributed by atoms with Gasteiger partial charge in [-0.2, -0.15) is 0 Å². The van der Waals surface area contributed by atoms with Gasteiger partial charge >= 0.3 is 0 Å². The number of methoxy groups -OCH3 is 1. The van der Waals surface area contributed by atoms with Gasteiger partial charge in [-0.1, -0.05) is 25.1 Å². The van der Waals surface area contributed by atoms with Gasteiger partial charge in [-0.3, -0.25) is 0 Å². The molecular formula is C15H23NOS. The number of benzene rings is 1. The van der Waals surface area contributed by atoms with E-state index in [4.69, 9.17) is 4.74 Å². The Hall–Kier alpha value is -0.510. The van der Waals surface area contributed by atoms with E-state index in [2.05, 4.69) is 36.5 Å². The van der Waals surface area contributed by atoms with Crippen LogP contribution in [0.5, 0.6) is 0 Å². The van der Waals surface area contributed by atoms with Crippen molar-refractivity contribution in [2.45, 2.75) is 24.2 Å². The van der Waals surface area contributed by atoms with Gasteiger partial charge in [0.25, 0.3) is 0 Å². The Morgan fingerprint density at radius 2 is 2.28 bits per heavy atom. The molecule has 0 aliphatic carbocycles. The maximum absolute atomic E-state index is 5.04. The molecule has 2 atom stereocenters. The molecule has 0 radical (unpaired) electrons. The van der Waals surface area contributed by atoms with E-state index < -0.39 is 0 Å². The second kappa shape index (κ2) is 7.17. The van der Waals surface area contributed by atoms with Crippen molar-refractivity contribution in [2.24, 2.45) is 5.92 Å². The summed E-state index contributed by atoms with van der Waals surface area (Å²) in [5.74, 6) is 2.71. The number of thioether (sulfide) groups is 1. The van der Waals surface area contributed by atoms with Crippen LogP contribution in [-0.2, 0) is 4.74 Å². The van der Waals surface area contributed by atoms with Gasteiger partial charge in [0.05, 0.1) is 6.61 Å². The normalized spacial score (nSPS) is 19.8. The van der Waals surface area contributed by atoms with Crippen LogP contribution in [0.2, 0.25) is 0 Å². The van der Waals surface area contributed by atoms with Gasteiger partial charge in [-0.15, -0.1) is 11.8 Å². The van der Waals surface area contributed by atoms with E-state index in [1.807, 2.05) is 11.8 Å².